The molecule has 26 heavy (non-hydrogen) atoms. The van der Waals surface area contributed by atoms with Crippen LogP contribution in [0, 0.1) is 6.92 Å². The van der Waals surface area contributed by atoms with E-state index in [9.17, 15) is 4.79 Å². The first-order valence-corrected chi connectivity index (χ1v) is 8.95. The number of carbonyl (C=O) groups excluding carboxylic acids is 1. The molecule has 146 valence electrons. The molecule has 1 N–H and O–H groups in total. The molecular weight excluding hydrogens is 441 g/mol. The van der Waals surface area contributed by atoms with Crippen LogP contribution in [0.15, 0.2) is 29.3 Å². The zero-order valence-corrected chi connectivity index (χ0v) is 18.7. The van der Waals surface area contributed by atoms with Gasteiger partial charge in [-0.25, -0.2) is 0 Å². The highest BCUT2D eigenvalue weighted by molar-refractivity contribution is 14.0. The highest BCUT2D eigenvalue weighted by Gasteiger charge is 2.18. The second kappa shape index (κ2) is 11.4. The summed E-state index contributed by atoms with van der Waals surface area (Å²) in [7, 11) is 3.88. The summed E-state index contributed by atoms with van der Waals surface area (Å²) >= 11 is 0. The van der Waals surface area contributed by atoms with Crippen LogP contribution in [0.4, 0.5) is 0 Å². The van der Waals surface area contributed by atoms with Gasteiger partial charge < -0.3 is 15.1 Å². The second-order valence-corrected chi connectivity index (χ2v) is 6.60. The van der Waals surface area contributed by atoms with Crippen LogP contribution >= 0.6 is 24.0 Å². The molecule has 1 heterocycles. The number of hydrogen-bond donors (Lipinski definition) is 1. The molecule has 0 spiro atoms. The van der Waals surface area contributed by atoms with E-state index in [2.05, 4.69) is 58.3 Å². The molecule has 1 fully saturated rings. The maximum absolute atomic E-state index is 11.4. The van der Waals surface area contributed by atoms with Gasteiger partial charge in [0.05, 0.1) is 0 Å². The standard InChI is InChI=1S/C19H31N5O.HI/c1-16-7-5-6-8-18(16)15-22(4)19(20-3)21-9-10-23-11-13-24(14-12-23)17(2)25;/h5-8H,9-15H2,1-4H3,(H,20,21);1H. The molecule has 7 heteroatoms. The van der Waals surface area contributed by atoms with Gasteiger partial charge in [0, 0.05) is 66.8 Å². The van der Waals surface area contributed by atoms with Gasteiger partial charge in [-0.1, -0.05) is 24.3 Å². The molecule has 0 bridgehead atoms. The summed E-state index contributed by atoms with van der Waals surface area (Å²) in [5.41, 5.74) is 2.61. The molecule has 0 saturated carbocycles. The summed E-state index contributed by atoms with van der Waals surface area (Å²) in [6, 6.07) is 8.44. The van der Waals surface area contributed by atoms with E-state index in [1.807, 2.05) is 11.9 Å². The smallest absolute Gasteiger partial charge is 0.219 e. The third-order valence-electron chi connectivity index (χ3n) is 4.77. The first-order chi connectivity index (χ1) is 12.0. The van der Waals surface area contributed by atoms with E-state index in [-0.39, 0.29) is 29.9 Å². The lowest BCUT2D eigenvalue weighted by atomic mass is 10.1. The Labute approximate surface area is 174 Å². The number of aryl methyl sites for hydroxylation is 1. The Morgan fingerprint density at radius 2 is 1.88 bits per heavy atom. The monoisotopic (exact) mass is 473 g/mol. The average molecular weight is 473 g/mol. The maximum atomic E-state index is 11.4. The summed E-state index contributed by atoms with van der Waals surface area (Å²) in [5.74, 6) is 1.08. The topological polar surface area (TPSA) is 51.2 Å². The van der Waals surface area contributed by atoms with E-state index >= 15 is 0 Å². The van der Waals surface area contributed by atoms with E-state index in [0.29, 0.717) is 0 Å². The number of hydrogen-bond acceptors (Lipinski definition) is 3. The molecule has 0 atom stereocenters. The Balaban J connectivity index is 0.00000338. The lowest BCUT2D eigenvalue weighted by Crippen LogP contribution is -2.50. The Morgan fingerprint density at radius 3 is 2.46 bits per heavy atom. The molecule has 0 radical (unpaired) electrons. The highest BCUT2D eigenvalue weighted by Crippen LogP contribution is 2.09. The van der Waals surface area contributed by atoms with Gasteiger partial charge in [-0.3, -0.25) is 14.7 Å². The van der Waals surface area contributed by atoms with Crippen LogP contribution in [0.3, 0.4) is 0 Å². The molecule has 1 amide bonds. The molecule has 0 aromatic heterocycles. The Hall–Kier alpha value is -1.35. The van der Waals surface area contributed by atoms with Crippen LogP contribution in [-0.2, 0) is 11.3 Å². The van der Waals surface area contributed by atoms with Crippen LogP contribution < -0.4 is 5.32 Å². The number of amides is 1. The molecule has 6 nitrogen and oxygen atoms in total. The predicted octanol–water partition coefficient (Wildman–Crippen LogP) is 1.78. The van der Waals surface area contributed by atoms with Crippen molar-refractivity contribution in [2.75, 3.05) is 53.4 Å². The Morgan fingerprint density at radius 1 is 1.23 bits per heavy atom. The normalized spacial score (nSPS) is 15.4. The van der Waals surface area contributed by atoms with Crippen molar-refractivity contribution in [1.29, 1.82) is 0 Å². The molecular formula is C19H32IN5O. The van der Waals surface area contributed by atoms with Crippen LogP contribution in [0.1, 0.15) is 18.1 Å². The summed E-state index contributed by atoms with van der Waals surface area (Å²) in [5, 5.41) is 3.44. The number of piperazine rings is 1. The van der Waals surface area contributed by atoms with Crippen molar-refractivity contribution in [2.45, 2.75) is 20.4 Å². The largest absolute Gasteiger partial charge is 0.355 e. The number of aliphatic imine (C=N–C) groups is 1. The number of nitrogens with one attached hydrogen (secondary N) is 1. The van der Waals surface area contributed by atoms with Crippen molar-refractivity contribution in [3.8, 4) is 0 Å². The summed E-state index contributed by atoms with van der Waals surface area (Å²) in [4.78, 5) is 22.2. The molecule has 0 aliphatic carbocycles. The van der Waals surface area contributed by atoms with Gasteiger partial charge in [0.15, 0.2) is 5.96 Å². The minimum absolute atomic E-state index is 0. The summed E-state index contributed by atoms with van der Waals surface area (Å²) in [6.45, 7) is 9.98. The summed E-state index contributed by atoms with van der Waals surface area (Å²) in [6.07, 6.45) is 0. The van der Waals surface area contributed by atoms with E-state index in [1.165, 1.54) is 11.1 Å². The van der Waals surface area contributed by atoms with E-state index in [4.69, 9.17) is 0 Å². The fraction of sp³-hybridized carbons (Fsp3) is 0.579. The first-order valence-electron chi connectivity index (χ1n) is 8.95. The Bertz CT molecular complexity index is 599. The first kappa shape index (κ1) is 22.7. The zero-order chi connectivity index (χ0) is 18.2. The molecule has 0 unspecified atom stereocenters. The molecule has 1 aromatic carbocycles. The molecule has 1 aliphatic rings. The fourth-order valence-electron chi connectivity index (χ4n) is 3.11. The number of carbonyl (C=O) groups is 1. The van der Waals surface area contributed by atoms with E-state index in [1.54, 1.807) is 6.92 Å². The van der Waals surface area contributed by atoms with Crippen LogP contribution in [0.2, 0.25) is 0 Å². The maximum Gasteiger partial charge on any atom is 0.219 e. The van der Waals surface area contributed by atoms with Crippen molar-refractivity contribution in [3.63, 3.8) is 0 Å². The van der Waals surface area contributed by atoms with Gasteiger partial charge in [-0.2, -0.15) is 0 Å². The van der Waals surface area contributed by atoms with E-state index < -0.39 is 0 Å². The van der Waals surface area contributed by atoms with Crippen LogP contribution in [-0.4, -0.2) is 79.9 Å². The number of guanidine groups is 1. The van der Waals surface area contributed by atoms with Crippen molar-refractivity contribution in [1.82, 2.24) is 20.0 Å². The van der Waals surface area contributed by atoms with Gasteiger partial charge in [-0.05, 0) is 18.1 Å². The summed E-state index contributed by atoms with van der Waals surface area (Å²) < 4.78 is 0. The lowest BCUT2D eigenvalue weighted by Gasteiger charge is -2.34. The SMILES string of the molecule is CN=C(NCCN1CCN(C(C)=O)CC1)N(C)Cc1ccccc1C.I. The number of rotatable bonds is 5. The van der Waals surface area contributed by atoms with Crippen molar-refractivity contribution in [3.05, 3.63) is 35.4 Å². The lowest BCUT2D eigenvalue weighted by molar-refractivity contribution is -0.130. The van der Waals surface area contributed by atoms with Gasteiger partial charge in [0.25, 0.3) is 0 Å². The number of nitrogens with zero attached hydrogens (tertiary/aromatic N) is 4. The van der Waals surface area contributed by atoms with Gasteiger partial charge in [0.1, 0.15) is 0 Å². The molecule has 1 aromatic rings. The minimum Gasteiger partial charge on any atom is -0.355 e. The van der Waals surface area contributed by atoms with Crippen LogP contribution in [0.5, 0.6) is 0 Å². The number of benzene rings is 1. The second-order valence-electron chi connectivity index (χ2n) is 6.60. The molecule has 2 rings (SSSR count). The van der Waals surface area contributed by atoms with Crippen LogP contribution in [0.25, 0.3) is 0 Å². The van der Waals surface area contributed by atoms with E-state index in [0.717, 1.165) is 51.8 Å². The molecule has 1 saturated heterocycles. The third kappa shape index (κ3) is 6.75. The fourth-order valence-corrected chi connectivity index (χ4v) is 3.11. The van der Waals surface area contributed by atoms with Gasteiger partial charge in [-0.15, -0.1) is 24.0 Å². The zero-order valence-electron chi connectivity index (χ0n) is 16.4. The van der Waals surface area contributed by atoms with Crippen molar-refractivity contribution in [2.24, 2.45) is 4.99 Å². The van der Waals surface area contributed by atoms with Gasteiger partial charge in [0.2, 0.25) is 5.91 Å². The third-order valence-corrected chi connectivity index (χ3v) is 4.77. The highest BCUT2D eigenvalue weighted by atomic mass is 127. The quantitative estimate of drug-likeness (QED) is 0.403. The predicted molar refractivity (Wildman–Crippen MR) is 118 cm³/mol. The average Bonchev–Trinajstić information content (AvgIpc) is 2.61. The number of halogens is 1. The van der Waals surface area contributed by atoms with Gasteiger partial charge >= 0.3 is 0 Å². The van der Waals surface area contributed by atoms with Crippen molar-refractivity contribution >= 4 is 35.8 Å². The minimum atomic E-state index is 0. The molecule has 1 aliphatic heterocycles. The van der Waals surface area contributed by atoms with Crippen molar-refractivity contribution < 1.29 is 4.79 Å². The Kier molecular flexibility index (Phi) is 9.93.